The monoisotopic (exact) mass is 312 g/mol. The Morgan fingerprint density at radius 2 is 1.95 bits per heavy atom. The molecule has 21 heavy (non-hydrogen) atoms. The quantitative estimate of drug-likeness (QED) is 0.899. The van der Waals surface area contributed by atoms with Crippen LogP contribution < -0.4 is 11.1 Å². The van der Waals surface area contributed by atoms with E-state index in [1.807, 2.05) is 0 Å². The van der Waals surface area contributed by atoms with E-state index in [0.29, 0.717) is 18.0 Å². The van der Waals surface area contributed by atoms with Gasteiger partial charge in [0.15, 0.2) is 0 Å². The van der Waals surface area contributed by atoms with Crippen molar-refractivity contribution >= 4 is 24.0 Å². The van der Waals surface area contributed by atoms with Crippen LogP contribution in [0.1, 0.15) is 52.3 Å². The summed E-state index contributed by atoms with van der Waals surface area (Å²) in [6.45, 7) is 6.17. The van der Waals surface area contributed by atoms with Crippen molar-refractivity contribution in [2.45, 2.75) is 57.9 Å². The van der Waals surface area contributed by atoms with Gasteiger partial charge in [-0.25, -0.2) is 9.97 Å². The molecule has 2 atom stereocenters. The minimum atomic E-state index is -0.0842. The number of carbonyl (C=O) groups is 1. The molecular formula is C15H25ClN4O. The molecule has 2 rings (SSSR count). The lowest BCUT2D eigenvalue weighted by molar-refractivity contribution is -0.117. The van der Waals surface area contributed by atoms with Crippen molar-refractivity contribution in [3.05, 3.63) is 18.2 Å². The van der Waals surface area contributed by atoms with Crippen molar-refractivity contribution in [1.82, 2.24) is 9.97 Å². The Bertz CT molecular complexity index is 470. The molecule has 5 nitrogen and oxygen atoms in total. The first-order valence-corrected chi connectivity index (χ1v) is 7.24. The third-order valence-corrected chi connectivity index (χ3v) is 3.77. The van der Waals surface area contributed by atoms with Gasteiger partial charge in [0.05, 0.1) is 18.1 Å². The first-order valence-electron chi connectivity index (χ1n) is 7.24. The van der Waals surface area contributed by atoms with E-state index >= 15 is 0 Å². The summed E-state index contributed by atoms with van der Waals surface area (Å²) in [5.74, 6) is 1.08. The number of carbonyl (C=O) groups excluding carboxylic acids is 1. The average molecular weight is 313 g/mol. The molecule has 1 saturated carbocycles. The summed E-state index contributed by atoms with van der Waals surface area (Å²) >= 11 is 0. The minimum Gasteiger partial charge on any atom is -0.327 e. The molecule has 1 aliphatic carbocycles. The van der Waals surface area contributed by atoms with Gasteiger partial charge in [0.1, 0.15) is 5.82 Å². The van der Waals surface area contributed by atoms with Crippen molar-refractivity contribution in [1.29, 1.82) is 0 Å². The molecule has 1 amide bonds. The molecule has 0 aliphatic heterocycles. The average Bonchev–Trinajstić information content (AvgIpc) is 2.74. The van der Waals surface area contributed by atoms with Gasteiger partial charge in [-0.05, 0) is 18.8 Å². The van der Waals surface area contributed by atoms with Gasteiger partial charge in [0.25, 0.3) is 0 Å². The molecule has 0 radical (unpaired) electrons. The van der Waals surface area contributed by atoms with Gasteiger partial charge in [-0.2, -0.15) is 0 Å². The fourth-order valence-corrected chi connectivity index (χ4v) is 2.55. The fourth-order valence-electron chi connectivity index (χ4n) is 2.55. The summed E-state index contributed by atoms with van der Waals surface area (Å²) in [6, 6.07) is 0.167. The molecule has 0 unspecified atom stereocenters. The third-order valence-electron chi connectivity index (χ3n) is 3.77. The minimum absolute atomic E-state index is 0. The van der Waals surface area contributed by atoms with Crippen LogP contribution in [0, 0.1) is 5.92 Å². The number of anilines is 1. The Hall–Kier alpha value is -1.20. The highest BCUT2D eigenvalue weighted by molar-refractivity contribution is 5.90. The van der Waals surface area contributed by atoms with Gasteiger partial charge in [0, 0.05) is 17.9 Å². The van der Waals surface area contributed by atoms with Crippen LogP contribution >= 0.6 is 12.4 Å². The number of halogens is 1. The highest BCUT2D eigenvalue weighted by atomic mass is 35.5. The Morgan fingerprint density at radius 1 is 1.33 bits per heavy atom. The van der Waals surface area contributed by atoms with Gasteiger partial charge < -0.3 is 11.1 Å². The number of hydrogen-bond donors (Lipinski definition) is 2. The maximum Gasteiger partial charge on any atom is 0.224 e. The van der Waals surface area contributed by atoms with Crippen molar-refractivity contribution in [2.24, 2.45) is 11.7 Å². The van der Waals surface area contributed by atoms with Gasteiger partial charge >= 0.3 is 0 Å². The first-order chi connectivity index (χ1) is 9.36. The van der Waals surface area contributed by atoms with E-state index in [-0.39, 0.29) is 29.8 Å². The molecule has 0 aromatic carbocycles. The second-order valence-electron chi connectivity index (χ2n) is 6.65. The van der Waals surface area contributed by atoms with E-state index < -0.39 is 0 Å². The third kappa shape index (κ3) is 4.93. The second-order valence-corrected chi connectivity index (χ2v) is 6.65. The molecule has 0 bridgehead atoms. The molecule has 1 aromatic rings. The molecule has 0 spiro atoms. The second kappa shape index (κ2) is 7.18. The van der Waals surface area contributed by atoms with Crippen LogP contribution in [0.15, 0.2) is 12.4 Å². The van der Waals surface area contributed by atoms with Crippen molar-refractivity contribution in [3.8, 4) is 0 Å². The lowest BCUT2D eigenvalue weighted by atomic mass is 9.96. The van der Waals surface area contributed by atoms with E-state index in [1.165, 1.54) is 0 Å². The Labute approximate surface area is 132 Å². The molecule has 1 aliphatic rings. The Kier molecular flexibility index (Phi) is 6.10. The molecule has 1 fully saturated rings. The maximum atomic E-state index is 12.0. The summed E-state index contributed by atoms with van der Waals surface area (Å²) in [5, 5.41) is 2.85. The summed E-state index contributed by atoms with van der Waals surface area (Å²) in [6.07, 6.45) is 7.03. The number of nitrogens with one attached hydrogen (secondary N) is 1. The number of nitrogens with zero attached hydrogens (tertiary/aromatic N) is 2. The molecule has 1 heterocycles. The van der Waals surface area contributed by atoms with Crippen LogP contribution in [-0.4, -0.2) is 21.9 Å². The normalized spacial score (nSPS) is 21.7. The molecular weight excluding hydrogens is 288 g/mol. The van der Waals surface area contributed by atoms with Crippen LogP contribution in [0.5, 0.6) is 0 Å². The van der Waals surface area contributed by atoms with E-state index in [4.69, 9.17) is 5.73 Å². The van der Waals surface area contributed by atoms with Crippen molar-refractivity contribution < 1.29 is 4.79 Å². The lowest BCUT2D eigenvalue weighted by Gasteiger charge is -2.17. The highest BCUT2D eigenvalue weighted by Crippen LogP contribution is 2.27. The SMILES string of the molecule is CC(C)(C)c1ncc(NC(=O)C[C@@H]2CCC[C@H]2N)cn1.Cl. The number of hydrogen-bond acceptors (Lipinski definition) is 4. The molecule has 6 heteroatoms. The number of aromatic nitrogens is 2. The molecule has 1 aromatic heterocycles. The van der Waals surface area contributed by atoms with Crippen molar-refractivity contribution in [2.75, 3.05) is 5.32 Å². The molecule has 3 N–H and O–H groups in total. The zero-order chi connectivity index (χ0) is 14.8. The first kappa shape index (κ1) is 17.9. The number of nitrogens with two attached hydrogens (primary N) is 1. The highest BCUT2D eigenvalue weighted by Gasteiger charge is 2.26. The number of amides is 1. The summed E-state index contributed by atoms with van der Waals surface area (Å²) in [5.41, 5.74) is 6.55. The van der Waals surface area contributed by atoms with E-state index in [1.54, 1.807) is 12.4 Å². The number of rotatable bonds is 3. The van der Waals surface area contributed by atoms with Crippen LogP contribution in [0.3, 0.4) is 0 Å². The smallest absolute Gasteiger partial charge is 0.224 e. The summed E-state index contributed by atoms with van der Waals surface area (Å²) < 4.78 is 0. The van der Waals surface area contributed by atoms with Crippen LogP contribution in [-0.2, 0) is 10.2 Å². The fraction of sp³-hybridized carbons (Fsp3) is 0.667. The molecule has 118 valence electrons. The van der Waals surface area contributed by atoms with E-state index in [0.717, 1.165) is 25.1 Å². The van der Waals surface area contributed by atoms with Crippen molar-refractivity contribution in [3.63, 3.8) is 0 Å². The molecule has 0 saturated heterocycles. The lowest BCUT2D eigenvalue weighted by Crippen LogP contribution is -2.28. The topological polar surface area (TPSA) is 80.9 Å². The van der Waals surface area contributed by atoms with Gasteiger partial charge in [0.2, 0.25) is 5.91 Å². The maximum absolute atomic E-state index is 12.0. The summed E-state index contributed by atoms with van der Waals surface area (Å²) in [4.78, 5) is 20.6. The van der Waals surface area contributed by atoms with E-state index in [9.17, 15) is 4.79 Å². The summed E-state index contributed by atoms with van der Waals surface area (Å²) in [7, 11) is 0. The largest absolute Gasteiger partial charge is 0.327 e. The van der Waals surface area contributed by atoms with Crippen LogP contribution in [0.4, 0.5) is 5.69 Å². The zero-order valence-corrected chi connectivity index (χ0v) is 13.7. The standard InChI is InChI=1S/C15H24N4O.ClH/c1-15(2,3)14-17-8-11(9-18-14)19-13(20)7-10-5-4-6-12(10)16;/h8-10,12H,4-7,16H2,1-3H3,(H,19,20);1H/t10-,12+;/m0./s1. The predicted octanol–water partition coefficient (Wildman–Crippen LogP) is 2.65. The van der Waals surface area contributed by atoms with Gasteiger partial charge in [-0.1, -0.05) is 27.2 Å². The predicted molar refractivity (Wildman–Crippen MR) is 86.5 cm³/mol. The Balaban J connectivity index is 0.00000220. The zero-order valence-electron chi connectivity index (χ0n) is 12.9. The van der Waals surface area contributed by atoms with Gasteiger partial charge in [-0.3, -0.25) is 4.79 Å². The van der Waals surface area contributed by atoms with E-state index in [2.05, 4.69) is 36.1 Å². The Morgan fingerprint density at radius 3 is 2.43 bits per heavy atom. The van der Waals surface area contributed by atoms with Crippen LogP contribution in [0.25, 0.3) is 0 Å². The van der Waals surface area contributed by atoms with Gasteiger partial charge in [-0.15, -0.1) is 12.4 Å². The van der Waals surface area contributed by atoms with Crippen LogP contribution in [0.2, 0.25) is 0 Å².